The second kappa shape index (κ2) is 28.6. The first-order chi connectivity index (χ1) is 18.2. The third-order valence-electron chi connectivity index (χ3n) is 6.17. The van der Waals surface area contributed by atoms with Gasteiger partial charge in [-0.15, -0.1) is 12.8 Å². The van der Waals surface area contributed by atoms with Crippen LogP contribution in [-0.4, -0.2) is 43.4 Å². The van der Waals surface area contributed by atoms with Crippen LogP contribution in [0.25, 0.3) is 0 Å². The predicted molar refractivity (Wildman–Crippen MR) is 153 cm³/mol. The van der Waals surface area contributed by atoms with E-state index in [1.807, 2.05) is 38.2 Å². The van der Waals surface area contributed by atoms with Crippen LogP contribution in [0.1, 0.15) is 99.8 Å². The fourth-order valence-corrected chi connectivity index (χ4v) is 4.16. The topological polar surface area (TPSA) is 107 Å². The van der Waals surface area contributed by atoms with Gasteiger partial charge in [0.2, 0.25) is 0 Å². The molecule has 0 aliphatic heterocycles. The average Bonchev–Trinajstić information content (AvgIpc) is 3.66. The van der Waals surface area contributed by atoms with Crippen molar-refractivity contribution in [2.45, 2.75) is 104 Å². The summed E-state index contributed by atoms with van der Waals surface area (Å²) < 4.78 is 42.8. The Hall–Kier alpha value is -0.476. The maximum atomic E-state index is 12.2. The number of unbranched alkanes of at least 4 members (excludes halogenated alkanes) is 2. The number of hydrogen-bond acceptors (Lipinski definition) is 6. The molecule has 0 spiro atoms. The Morgan fingerprint density at radius 2 is 1.32 bits per heavy atom. The molecule has 3 atom stereocenters. The van der Waals surface area contributed by atoms with Gasteiger partial charge in [-0.05, 0) is 24.7 Å². The summed E-state index contributed by atoms with van der Waals surface area (Å²) in [4.78, 5) is 24.2. The normalized spacial score (nSPS) is 14.8. The van der Waals surface area contributed by atoms with E-state index >= 15 is 0 Å². The molecule has 1 N–H and O–H groups in total. The molecule has 0 radical (unpaired) electrons. The van der Waals surface area contributed by atoms with Crippen molar-refractivity contribution in [3.63, 3.8) is 0 Å². The van der Waals surface area contributed by atoms with Gasteiger partial charge < -0.3 is 10.9 Å². The van der Waals surface area contributed by atoms with Gasteiger partial charge in [0.1, 0.15) is 0 Å². The molecule has 2 rings (SSSR count). The van der Waals surface area contributed by atoms with Crippen LogP contribution in [0, 0.1) is 24.0 Å². The van der Waals surface area contributed by atoms with Gasteiger partial charge in [0.15, 0.2) is 5.25 Å². The van der Waals surface area contributed by atoms with E-state index in [1.54, 1.807) is 0 Å². The van der Waals surface area contributed by atoms with E-state index in [0.29, 0.717) is 0 Å². The monoisotopic (exact) mass is 624 g/mol. The molecule has 40 heavy (non-hydrogen) atoms. The quantitative estimate of drug-likeness (QED) is 0.120. The van der Waals surface area contributed by atoms with Crippen LogP contribution in [0.2, 0.25) is 0 Å². The number of esters is 2. The molecule has 0 aromatic heterocycles. The molecule has 0 saturated heterocycles. The second-order valence-corrected chi connectivity index (χ2v) is 11.0. The molecule has 222 valence electrons. The Balaban J connectivity index is -0.000000436. The van der Waals surface area contributed by atoms with Crippen LogP contribution >= 0.6 is 0 Å². The molecule has 3 unspecified atom stereocenters. The Morgan fingerprint density at radius 1 is 0.875 bits per heavy atom. The number of carbonyl (C=O) groups is 2. The molecule has 0 aromatic carbocycles. The SMILES string of the molecule is CCCCC(CC)COC(=O)CC(C(=O)OCC(CC)CCCC)S(=O)(=O)O.[C-]1=CC=CC1.[C-]1=CC=CC1.[H-].[Na+].[Ti+2]. The molecule has 0 amide bonds. The summed E-state index contributed by atoms with van der Waals surface area (Å²) in [5, 5.41) is -1.95. The minimum Gasteiger partial charge on any atom is -1.00 e. The minimum atomic E-state index is -4.76. The Morgan fingerprint density at radius 3 is 1.62 bits per heavy atom. The summed E-state index contributed by atoms with van der Waals surface area (Å²) in [6.07, 6.45) is 26.7. The van der Waals surface area contributed by atoms with Crippen LogP contribution in [-0.2, 0) is 50.9 Å². The van der Waals surface area contributed by atoms with Gasteiger partial charge in [-0.2, -0.15) is 20.6 Å². The van der Waals surface area contributed by atoms with Crippen LogP contribution < -0.4 is 29.6 Å². The number of carbonyl (C=O) groups excluding carboxylic acids is 2. The molecule has 0 fully saturated rings. The van der Waals surface area contributed by atoms with Crippen molar-refractivity contribution in [2.75, 3.05) is 13.2 Å². The Kier molecular flexibility index (Phi) is 31.5. The fourth-order valence-electron chi connectivity index (χ4n) is 3.50. The predicted octanol–water partition coefficient (Wildman–Crippen LogP) is 3.88. The van der Waals surface area contributed by atoms with Gasteiger partial charge in [-0.3, -0.25) is 26.3 Å². The Labute approximate surface area is 282 Å². The standard InChI is InChI=1S/C20H38O7S.2C5H5.Na.Ti.H/c1-5-9-11-16(7-3)14-26-19(21)13-18(28(23,24)25)20(22)27-15-17(8-4)12-10-6-2;2*1-2-4-5-3-1;;;/h16-18H,5-15H2,1-4H3,(H,23,24,25);2*1-3H,4H2;;;/q;2*-1;+1;+2;-1. The number of rotatable bonds is 16. The minimum absolute atomic E-state index is 0. The summed E-state index contributed by atoms with van der Waals surface area (Å²) >= 11 is 0. The summed E-state index contributed by atoms with van der Waals surface area (Å²) in [5.74, 6) is -1.61. The van der Waals surface area contributed by atoms with Crippen LogP contribution in [0.5, 0.6) is 0 Å². The van der Waals surface area contributed by atoms with Crippen molar-refractivity contribution < 1.29 is 84.7 Å². The largest absolute Gasteiger partial charge is 2.00 e. The van der Waals surface area contributed by atoms with Gasteiger partial charge >= 0.3 is 63.2 Å². The van der Waals surface area contributed by atoms with Gasteiger partial charge in [0, 0.05) is 0 Å². The molecule has 10 heteroatoms. The molecular weight excluding hydrogens is 575 g/mol. The van der Waals surface area contributed by atoms with Crippen molar-refractivity contribution in [3.05, 3.63) is 48.6 Å². The van der Waals surface area contributed by atoms with Crippen LogP contribution in [0.15, 0.2) is 36.5 Å². The maximum Gasteiger partial charge on any atom is 2.00 e. The molecule has 2 aliphatic carbocycles. The van der Waals surface area contributed by atoms with E-state index in [0.717, 1.165) is 64.2 Å². The number of hydrogen-bond donors (Lipinski definition) is 1. The van der Waals surface area contributed by atoms with Gasteiger partial charge in [-0.1, -0.05) is 66.2 Å². The molecular formula is C30H49NaO7STi. The van der Waals surface area contributed by atoms with Crippen molar-refractivity contribution in [1.82, 2.24) is 0 Å². The number of allylic oxidation sites excluding steroid dienone is 8. The van der Waals surface area contributed by atoms with E-state index in [1.165, 1.54) is 0 Å². The summed E-state index contributed by atoms with van der Waals surface area (Å²) in [5.41, 5.74) is 0. The van der Waals surface area contributed by atoms with Gasteiger partial charge in [-0.25, -0.2) is 24.3 Å². The molecule has 0 bridgehead atoms. The maximum absolute atomic E-state index is 12.2. The van der Waals surface area contributed by atoms with Gasteiger partial charge in [0.05, 0.1) is 19.6 Å². The zero-order chi connectivity index (χ0) is 28.7. The summed E-state index contributed by atoms with van der Waals surface area (Å²) in [7, 11) is -4.76. The van der Waals surface area contributed by atoms with Gasteiger partial charge in [0.25, 0.3) is 10.1 Å². The van der Waals surface area contributed by atoms with Crippen molar-refractivity contribution in [3.8, 4) is 0 Å². The summed E-state index contributed by atoms with van der Waals surface area (Å²) in [6.45, 7) is 8.35. The smallest absolute Gasteiger partial charge is 1.00 e. The van der Waals surface area contributed by atoms with Crippen molar-refractivity contribution in [2.24, 2.45) is 11.8 Å². The average molecular weight is 625 g/mol. The van der Waals surface area contributed by atoms with E-state index in [-0.39, 0.29) is 77.8 Å². The second-order valence-electron chi connectivity index (χ2n) is 9.36. The third kappa shape index (κ3) is 24.2. The van der Waals surface area contributed by atoms with Crippen LogP contribution in [0.3, 0.4) is 0 Å². The molecule has 0 aromatic rings. The van der Waals surface area contributed by atoms with E-state index in [4.69, 9.17) is 9.47 Å². The molecule has 7 nitrogen and oxygen atoms in total. The van der Waals surface area contributed by atoms with E-state index in [9.17, 15) is 22.6 Å². The summed E-state index contributed by atoms with van der Waals surface area (Å²) in [6, 6.07) is 0. The fraction of sp³-hybridized carbons (Fsp3) is 0.667. The van der Waals surface area contributed by atoms with Crippen molar-refractivity contribution in [1.29, 1.82) is 0 Å². The first-order valence-corrected chi connectivity index (χ1v) is 15.4. The first-order valence-electron chi connectivity index (χ1n) is 13.9. The van der Waals surface area contributed by atoms with Crippen molar-refractivity contribution >= 4 is 22.1 Å². The zero-order valence-electron chi connectivity index (χ0n) is 26.2. The molecule has 2 aliphatic rings. The van der Waals surface area contributed by atoms with E-state index in [2.05, 4.69) is 38.2 Å². The first kappa shape index (κ1) is 44.0. The third-order valence-corrected chi connectivity index (χ3v) is 7.25. The Bertz CT molecular complexity index is 834. The number of ether oxygens (including phenoxy) is 2. The molecule has 0 heterocycles. The zero-order valence-corrected chi connectivity index (χ0v) is 29.6. The van der Waals surface area contributed by atoms with E-state index < -0.39 is 33.7 Å². The van der Waals surface area contributed by atoms with Crippen LogP contribution in [0.4, 0.5) is 0 Å². The molecule has 0 saturated carbocycles.